The van der Waals surface area contributed by atoms with Crippen LogP contribution < -0.4 is 4.74 Å². The molecule has 2 aromatic rings. The van der Waals surface area contributed by atoms with Crippen molar-refractivity contribution in [3.63, 3.8) is 0 Å². The zero-order chi connectivity index (χ0) is 14.8. The van der Waals surface area contributed by atoms with Gasteiger partial charge in [-0.3, -0.25) is 4.98 Å². The van der Waals surface area contributed by atoms with Crippen molar-refractivity contribution in [3.8, 4) is 23.1 Å². The van der Waals surface area contributed by atoms with Gasteiger partial charge in [-0.05, 0) is 30.3 Å². The summed E-state index contributed by atoms with van der Waals surface area (Å²) in [6.45, 7) is 0. The summed E-state index contributed by atoms with van der Waals surface area (Å²) in [5.41, 5.74) is 0.0321. The van der Waals surface area contributed by atoms with Gasteiger partial charge in [0.05, 0.1) is 30.0 Å². The summed E-state index contributed by atoms with van der Waals surface area (Å²) in [6.07, 6.45) is -3.35. The number of ether oxygens (including phenoxy) is 1. The number of methoxy groups -OCH3 is 1. The molecule has 0 amide bonds. The zero-order valence-electron chi connectivity index (χ0n) is 10.4. The second-order valence-electron chi connectivity index (χ2n) is 3.99. The Labute approximate surface area is 113 Å². The molecule has 0 saturated heterocycles. The third-order valence-electron chi connectivity index (χ3n) is 2.65. The van der Waals surface area contributed by atoms with E-state index in [9.17, 15) is 13.2 Å². The number of nitriles is 1. The van der Waals surface area contributed by atoms with Crippen molar-refractivity contribution < 1.29 is 17.9 Å². The van der Waals surface area contributed by atoms with E-state index in [1.165, 1.54) is 25.3 Å². The van der Waals surface area contributed by atoms with E-state index in [0.717, 1.165) is 18.3 Å². The lowest BCUT2D eigenvalue weighted by atomic mass is 10.1. The first-order valence-corrected chi connectivity index (χ1v) is 5.57. The highest BCUT2D eigenvalue weighted by molar-refractivity contribution is 5.64. The largest absolute Gasteiger partial charge is 0.497 e. The first-order chi connectivity index (χ1) is 9.44. The van der Waals surface area contributed by atoms with E-state index >= 15 is 0 Å². The lowest BCUT2D eigenvalue weighted by molar-refractivity contribution is -0.137. The van der Waals surface area contributed by atoms with E-state index in [-0.39, 0.29) is 5.69 Å². The van der Waals surface area contributed by atoms with Crippen LogP contribution in [0.4, 0.5) is 13.2 Å². The Morgan fingerprint density at radius 1 is 1.20 bits per heavy atom. The fourth-order valence-corrected chi connectivity index (χ4v) is 1.69. The Morgan fingerprint density at radius 3 is 2.55 bits per heavy atom. The number of halogens is 3. The molecule has 0 aliphatic rings. The highest BCUT2D eigenvalue weighted by Crippen LogP contribution is 2.32. The molecule has 0 fully saturated rings. The van der Waals surface area contributed by atoms with Crippen molar-refractivity contribution in [2.75, 3.05) is 7.11 Å². The molecule has 1 heterocycles. The van der Waals surface area contributed by atoms with Gasteiger partial charge in [-0.15, -0.1) is 0 Å². The highest BCUT2D eigenvalue weighted by atomic mass is 19.4. The Kier molecular flexibility index (Phi) is 3.61. The summed E-state index contributed by atoms with van der Waals surface area (Å²) >= 11 is 0. The Hall–Kier alpha value is -2.55. The summed E-state index contributed by atoms with van der Waals surface area (Å²) in [5.74, 6) is 0.387. The van der Waals surface area contributed by atoms with Crippen LogP contribution in [0.5, 0.6) is 5.75 Å². The van der Waals surface area contributed by atoms with Gasteiger partial charge in [0.15, 0.2) is 0 Å². The molecular formula is C14H9F3N2O. The Balaban J connectivity index is 2.54. The molecule has 0 aliphatic carbocycles. The van der Waals surface area contributed by atoms with E-state index in [2.05, 4.69) is 4.98 Å². The number of aromatic nitrogens is 1. The van der Waals surface area contributed by atoms with E-state index in [0.29, 0.717) is 16.9 Å². The lowest BCUT2D eigenvalue weighted by Gasteiger charge is -2.09. The van der Waals surface area contributed by atoms with Gasteiger partial charge in [0, 0.05) is 11.8 Å². The Bertz CT molecular complexity index is 675. The predicted octanol–water partition coefficient (Wildman–Crippen LogP) is 3.65. The van der Waals surface area contributed by atoms with Crippen LogP contribution in [0.25, 0.3) is 11.3 Å². The van der Waals surface area contributed by atoms with Crippen LogP contribution >= 0.6 is 0 Å². The van der Waals surface area contributed by atoms with Gasteiger partial charge in [0.2, 0.25) is 0 Å². The maximum atomic E-state index is 12.7. The van der Waals surface area contributed by atoms with Crippen LogP contribution in [0.1, 0.15) is 11.1 Å². The van der Waals surface area contributed by atoms with Gasteiger partial charge in [0.25, 0.3) is 0 Å². The summed E-state index contributed by atoms with van der Waals surface area (Å²) < 4.78 is 43.0. The van der Waals surface area contributed by atoms with Crippen LogP contribution in [-0.4, -0.2) is 12.1 Å². The fraction of sp³-hybridized carbons (Fsp3) is 0.143. The van der Waals surface area contributed by atoms with Crippen LogP contribution in [0, 0.1) is 11.3 Å². The van der Waals surface area contributed by atoms with Gasteiger partial charge in [-0.1, -0.05) is 0 Å². The number of pyridine rings is 1. The van der Waals surface area contributed by atoms with Crippen molar-refractivity contribution in [1.82, 2.24) is 4.98 Å². The average Bonchev–Trinajstić information content (AvgIpc) is 2.46. The van der Waals surface area contributed by atoms with Gasteiger partial charge < -0.3 is 4.74 Å². The number of alkyl halides is 3. The number of benzene rings is 1. The third kappa shape index (κ3) is 2.88. The Morgan fingerprint density at radius 2 is 1.95 bits per heavy atom. The second kappa shape index (κ2) is 5.21. The third-order valence-corrected chi connectivity index (χ3v) is 2.65. The second-order valence-corrected chi connectivity index (χ2v) is 3.99. The molecule has 0 saturated carbocycles. The number of hydrogen-bond acceptors (Lipinski definition) is 3. The molecule has 0 atom stereocenters. The molecule has 20 heavy (non-hydrogen) atoms. The van der Waals surface area contributed by atoms with Crippen molar-refractivity contribution in [2.45, 2.75) is 6.18 Å². The normalized spacial score (nSPS) is 10.9. The van der Waals surface area contributed by atoms with Gasteiger partial charge >= 0.3 is 6.18 Å². The van der Waals surface area contributed by atoms with E-state index < -0.39 is 11.7 Å². The fourth-order valence-electron chi connectivity index (χ4n) is 1.69. The molecule has 0 unspecified atom stereocenters. The van der Waals surface area contributed by atoms with Crippen molar-refractivity contribution >= 4 is 0 Å². The van der Waals surface area contributed by atoms with Crippen LogP contribution in [0.15, 0.2) is 36.5 Å². The molecule has 0 radical (unpaired) electrons. The van der Waals surface area contributed by atoms with Crippen molar-refractivity contribution in [3.05, 3.63) is 47.7 Å². The van der Waals surface area contributed by atoms with E-state index in [1.54, 1.807) is 0 Å². The molecule has 1 aromatic heterocycles. The quantitative estimate of drug-likeness (QED) is 0.842. The van der Waals surface area contributed by atoms with E-state index in [1.807, 2.05) is 6.07 Å². The topological polar surface area (TPSA) is 45.9 Å². The maximum Gasteiger partial charge on any atom is 0.416 e. The van der Waals surface area contributed by atoms with Crippen molar-refractivity contribution in [2.24, 2.45) is 0 Å². The molecule has 0 spiro atoms. The SMILES string of the molecule is COc1cc(C#N)cc(-c2cc(C(F)(F)F)ccn2)c1. The molecule has 102 valence electrons. The summed E-state index contributed by atoms with van der Waals surface area (Å²) in [7, 11) is 1.42. The van der Waals surface area contributed by atoms with Crippen molar-refractivity contribution in [1.29, 1.82) is 5.26 Å². The average molecular weight is 278 g/mol. The molecule has 1 aromatic carbocycles. The van der Waals surface area contributed by atoms with Gasteiger partial charge in [0.1, 0.15) is 5.75 Å². The lowest BCUT2D eigenvalue weighted by Crippen LogP contribution is -2.05. The number of nitrogens with zero attached hydrogens (tertiary/aromatic N) is 2. The maximum absolute atomic E-state index is 12.7. The smallest absolute Gasteiger partial charge is 0.416 e. The standard InChI is InChI=1S/C14H9F3N2O/c1-20-12-5-9(8-18)4-10(6-12)13-7-11(2-3-19-13)14(15,16)17/h2-7H,1H3. The minimum Gasteiger partial charge on any atom is -0.497 e. The first-order valence-electron chi connectivity index (χ1n) is 5.57. The summed E-state index contributed by atoms with van der Waals surface area (Å²) in [5, 5.41) is 8.91. The molecule has 0 aliphatic heterocycles. The molecule has 3 nitrogen and oxygen atoms in total. The predicted molar refractivity (Wildman–Crippen MR) is 65.9 cm³/mol. The minimum absolute atomic E-state index is 0.134. The first kappa shape index (κ1) is 13.9. The van der Waals surface area contributed by atoms with Crippen LogP contribution in [0.3, 0.4) is 0 Å². The number of hydrogen-bond donors (Lipinski definition) is 0. The molecule has 0 N–H and O–H groups in total. The summed E-state index contributed by atoms with van der Waals surface area (Å²) in [4.78, 5) is 3.91. The zero-order valence-corrected chi connectivity index (χ0v) is 10.4. The summed E-state index contributed by atoms with van der Waals surface area (Å²) in [6, 6.07) is 8.26. The van der Waals surface area contributed by atoms with E-state index in [4.69, 9.17) is 10.00 Å². The number of rotatable bonds is 2. The molecular weight excluding hydrogens is 269 g/mol. The highest BCUT2D eigenvalue weighted by Gasteiger charge is 2.30. The van der Waals surface area contributed by atoms with Crippen LogP contribution in [-0.2, 0) is 6.18 Å². The van der Waals surface area contributed by atoms with Gasteiger partial charge in [-0.25, -0.2) is 0 Å². The minimum atomic E-state index is -4.44. The molecule has 6 heteroatoms. The van der Waals surface area contributed by atoms with Gasteiger partial charge in [-0.2, -0.15) is 18.4 Å². The van der Waals surface area contributed by atoms with Crippen LogP contribution in [0.2, 0.25) is 0 Å². The monoisotopic (exact) mass is 278 g/mol. The molecule has 2 rings (SSSR count). The molecule has 0 bridgehead atoms.